The van der Waals surface area contributed by atoms with Crippen LogP contribution in [0.4, 0.5) is 0 Å². The summed E-state index contributed by atoms with van der Waals surface area (Å²) < 4.78 is 4.29. The fourth-order valence-electron chi connectivity index (χ4n) is 2.32. The van der Waals surface area contributed by atoms with Crippen LogP contribution in [0.1, 0.15) is 37.9 Å². The Bertz CT molecular complexity index is 536. The number of hydrogen-bond acceptors (Lipinski definition) is 2. The smallest absolute Gasteiger partial charge is 0.0642 e. The Labute approximate surface area is 121 Å². The Hall–Kier alpha value is -1.55. The molecular formula is C16H26N4. The number of aryl methyl sites for hydroxylation is 2. The molecule has 0 aliphatic heterocycles. The molecule has 0 radical (unpaired) electrons. The number of aromatic nitrogens is 3. The monoisotopic (exact) mass is 274 g/mol. The van der Waals surface area contributed by atoms with Gasteiger partial charge in [-0.25, -0.2) is 0 Å². The molecule has 1 N–H and O–H groups in total. The summed E-state index contributed by atoms with van der Waals surface area (Å²) in [5.74, 6) is 0.683. The van der Waals surface area contributed by atoms with Gasteiger partial charge >= 0.3 is 0 Å². The number of nitrogens with one attached hydrogen (secondary N) is 1. The molecule has 0 spiro atoms. The van der Waals surface area contributed by atoms with Crippen molar-refractivity contribution in [3.05, 3.63) is 41.5 Å². The van der Waals surface area contributed by atoms with Crippen molar-refractivity contribution in [1.82, 2.24) is 19.7 Å². The summed E-state index contributed by atoms with van der Waals surface area (Å²) in [6, 6.07) is 6.50. The maximum Gasteiger partial charge on any atom is 0.0642 e. The molecule has 0 aliphatic carbocycles. The first-order chi connectivity index (χ1) is 9.60. The first-order valence-electron chi connectivity index (χ1n) is 7.46. The van der Waals surface area contributed by atoms with E-state index in [1.54, 1.807) is 0 Å². The van der Waals surface area contributed by atoms with Crippen molar-refractivity contribution in [3.63, 3.8) is 0 Å². The van der Waals surface area contributed by atoms with Crippen LogP contribution in [0.5, 0.6) is 0 Å². The molecule has 20 heavy (non-hydrogen) atoms. The molecule has 4 heteroatoms. The number of nitrogens with zero attached hydrogens (tertiary/aromatic N) is 3. The molecule has 4 nitrogen and oxygen atoms in total. The van der Waals surface area contributed by atoms with Crippen LogP contribution in [0.3, 0.4) is 0 Å². The van der Waals surface area contributed by atoms with Gasteiger partial charge in [-0.1, -0.05) is 20.8 Å². The lowest BCUT2D eigenvalue weighted by Gasteiger charge is -2.11. The zero-order chi connectivity index (χ0) is 14.5. The maximum absolute atomic E-state index is 4.51. The van der Waals surface area contributed by atoms with Crippen molar-refractivity contribution in [2.75, 3.05) is 6.54 Å². The topological polar surface area (TPSA) is 34.8 Å². The summed E-state index contributed by atoms with van der Waals surface area (Å²) in [7, 11) is 2.02. The lowest BCUT2D eigenvalue weighted by molar-refractivity contribution is 0.536. The van der Waals surface area contributed by atoms with Crippen LogP contribution in [0.25, 0.3) is 0 Å². The SMILES string of the molecule is CCc1cc(Cn2cccc2CNCC(C)C)n(C)n1. The van der Waals surface area contributed by atoms with Gasteiger partial charge in [0.05, 0.1) is 17.9 Å². The standard InChI is InChI=1S/C16H26N4/c1-5-14-9-16(19(4)18-14)12-20-8-6-7-15(20)11-17-10-13(2)3/h6-9,13,17H,5,10-12H2,1-4H3. The second-order valence-corrected chi connectivity index (χ2v) is 5.76. The lowest BCUT2D eigenvalue weighted by Crippen LogP contribution is -2.21. The first kappa shape index (κ1) is 14.9. The summed E-state index contributed by atoms with van der Waals surface area (Å²) >= 11 is 0. The van der Waals surface area contributed by atoms with Crippen molar-refractivity contribution in [2.45, 2.75) is 40.3 Å². The maximum atomic E-state index is 4.51. The van der Waals surface area contributed by atoms with Crippen LogP contribution >= 0.6 is 0 Å². The summed E-state index contributed by atoms with van der Waals surface area (Å²) in [4.78, 5) is 0. The average Bonchev–Trinajstić information content (AvgIpc) is 2.97. The minimum absolute atomic E-state index is 0.683. The number of rotatable bonds is 7. The van der Waals surface area contributed by atoms with E-state index >= 15 is 0 Å². The Kier molecular flexibility index (Phi) is 5.01. The molecule has 2 aromatic rings. The third kappa shape index (κ3) is 3.73. The Balaban J connectivity index is 2.02. The highest BCUT2D eigenvalue weighted by Crippen LogP contribution is 2.10. The highest BCUT2D eigenvalue weighted by atomic mass is 15.3. The van der Waals surface area contributed by atoms with Crippen molar-refractivity contribution in [1.29, 1.82) is 0 Å². The van der Waals surface area contributed by atoms with Gasteiger partial charge in [0.1, 0.15) is 0 Å². The molecule has 0 saturated heterocycles. The van der Waals surface area contributed by atoms with Crippen LogP contribution in [0.2, 0.25) is 0 Å². The van der Waals surface area contributed by atoms with E-state index in [9.17, 15) is 0 Å². The first-order valence-corrected chi connectivity index (χ1v) is 7.46. The Morgan fingerprint density at radius 1 is 1.30 bits per heavy atom. The van der Waals surface area contributed by atoms with E-state index in [-0.39, 0.29) is 0 Å². The van der Waals surface area contributed by atoms with Gasteiger partial charge in [0.2, 0.25) is 0 Å². The summed E-state index contributed by atoms with van der Waals surface area (Å²) in [5.41, 5.74) is 3.74. The Morgan fingerprint density at radius 2 is 2.10 bits per heavy atom. The molecule has 2 rings (SSSR count). The minimum atomic E-state index is 0.683. The van der Waals surface area contributed by atoms with Gasteiger partial charge < -0.3 is 9.88 Å². The van der Waals surface area contributed by atoms with Gasteiger partial charge in [-0.15, -0.1) is 0 Å². The highest BCUT2D eigenvalue weighted by molar-refractivity contribution is 5.14. The second-order valence-electron chi connectivity index (χ2n) is 5.76. The third-order valence-corrected chi connectivity index (χ3v) is 3.50. The Morgan fingerprint density at radius 3 is 2.75 bits per heavy atom. The molecule has 0 unspecified atom stereocenters. The summed E-state index contributed by atoms with van der Waals surface area (Å²) in [6.45, 7) is 9.46. The zero-order valence-corrected chi connectivity index (χ0v) is 13.1. The van der Waals surface area contributed by atoms with E-state index in [4.69, 9.17) is 0 Å². The minimum Gasteiger partial charge on any atom is -0.344 e. The van der Waals surface area contributed by atoms with E-state index in [1.807, 2.05) is 11.7 Å². The molecule has 0 amide bonds. The second kappa shape index (κ2) is 6.75. The van der Waals surface area contributed by atoms with Gasteiger partial charge in [0.25, 0.3) is 0 Å². The molecule has 0 aromatic carbocycles. The fraction of sp³-hybridized carbons (Fsp3) is 0.562. The lowest BCUT2D eigenvalue weighted by atomic mass is 10.2. The van der Waals surface area contributed by atoms with E-state index in [0.29, 0.717) is 5.92 Å². The third-order valence-electron chi connectivity index (χ3n) is 3.50. The van der Waals surface area contributed by atoms with Gasteiger partial charge in [0, 0.05) is 25.5 Å². The van der Waals surface area contributed by atoms with E-state index < -0.39 is 0 Å². The summed E-state index contributed by atoms with van der Waals surface area (Å²) in [5, 5.41) is 8.01. The molecule has 0 saturated carbocycles. The van der Waals surface area contributed by atoms with Crippen LogP contribution in [0.15, 0.2) is 24.4 Å². The van der Waals surface area contributed by atoms with Crippen LogP contribution in [-0.4, -0.2) is 20.9 Å². The predicted molar refractivity (Wildman–Crippen MR) is 82.7 cm³/mol. The molecule has 2 aromatic heterocycles. The largest absolute Gasteiger partial charge is 0.344 e. The van der Waals surface area contributed by atoms with Crippen molar-refractivity contribution >= 4 is 0 Å². The van der Waals surface area contributed by atoms with Crippen LogP contribution in [0, 0.1) is 5.92 Å². The molecule has 0 atom stereocenters. The molecule has 0 bridgehead atoms. The predicted octanol–water partition coefficient (Wildman–Crippen LogP) is 2.58. The van der Waals surface area contributed by atoms with Gasteiger partial charge in [-0.3, -0.25) is 4.68 Å². The van der Waals surface area contributed by atoms with Gasteiger partial charge in [-0.2, -0.15) is 5.10 Å². The van der Waals surface area contributed by atoms with Crippen molar-refractivity contribution in [2.24, 2.45) is 13.0 Å². The van der Waals surface area contributed by atoms with Gasteiger partial charge in [-0.05, 0) is 37.1 Å². The molecule has 0 aliphatic rings. The van der Waals surface area contributed by atoms with Crippen molar-refractivity contribution < 1.29 is 0 Å². The number of hydrogen-bond donors (Lipinski definition) is 1. The van der Waals surface area contributed by atoms with Crippen molar-refractivity contribution in [3.8, 4) is 0 Å². The summed E-state index contributed by atoms with van der Waals surface area (Å²) in [6.07, 6.45) is 3.13. The highest BCUT2D eigenvalue weighted by Gasteiger charge is 2.07. The normalized spacial score (nSPS) is 11.4. The van der Waals surface area contributed by atoms with E-state index in [1.165, 1.54) is 11.4 Å². The van der Waals surface area contributed by atoms with E-state index in [2.05, 4.69) is 60.1 Å². The van der Waals surface area contributed by atoms with Crippen LogP contribution in [-0.2, 0) is 26.6 Å². The zero-order valence-electron chi connectivity index (χ0n) is 13.1. The van der Waals surface area contributed by atoms with E-state index in [0.717, 1.165) is 31.7 Å². The van der Waals surface area contributed by atoms with Gasteiger partial charge in [0.15, 0.2) is 0 Å². The average molecular weight is 274 g/mol. The fourth-order valence-corrected chi connectivity index (χ4v) is 2.32. The van der Waals surface area contributed by atoms with Crippen LogP contribution < -0.4 is 5.32 Å². The molecular weight excluding hydrogens is 248 g/mol. The quantitative estimate of drug-likeness (QED) is 0.842. The molecule has 2 heterocycles. The molecule has 110 valence electrons. The molecule has 0 fully saturated rings.